The van der Waals surface area contributed by atoms with Crippen LogP contribution in [0.5, 0.6) is 0 Å². The topological polar surface area (TPSA) is 127 Å². The van der Waals surface area contributed by atoms with E-state index in [9.17, 15) is 18.5 Å². The highest BCUT2D eigenvalue weighted by Gasteiger charge is 2.19. The third-order valence-electron chi connectivity index (χ3n) is 2.45. The fraction of sp³-hybridized carbons (Fsp3) is 0.400. The summed E-state index contributed by atoms with van der Waals surface area (Å²) in [6, 6.07) is 3.41. The van der Waals surface area contributed by atoms with Crippen LogP contribution in [0.4, 0.5) is 11.4 Å². The zero-order valence-electron chi connectivity index (χ0n) is 10.4. The first-order valence-electron chi connectivity index (χ1n) is 5.67. The molecule has 0 fully saturated rings. The van der Waals surface area contributed by atoms with Crippen molar-refractivity contribution in [2.75, 3.05) is 12.0 Å². The predicted molar refractivity (Wildman–Crippen MR) is 71.0 cm³/mol. The highest BCUT2D eigenvalue weighted by atomic mass is 32.2. The van der Waals surface area contributed by atoms with Gasteiger partial charge in [0.1, 0.15) is 5.69 Å². The molecule has 0 radical (unpaired) electrons. The van der Waals surface area contributed by atoms with Crippen molar-refractivity contribution in [2.45, 2.75) is 24.7 Å². The zero-order chi connectivity index (χ0) is 14.5. The monoisotopic (exact) mass is 288 g/mol. The molecule has 1 aromatic carbocycles. The van der Waals surface area contributed by atoms with E-state index in [0.29, 0.717) is 13.0 Å². The molecule has 0 aliphatic rings. The molecule has 9 heteroatoms. The van der Waals surface area contributed by atoms with Crippen LogP contribution in [0, 0.1) is 10.1 Å². The van der Waals surface area contributed by atoms with E-state index in [1.165, 1.54) is 6.07 Å². The Labute approximate surface area is 111 Å². The number of nitro benzene ring substituents is 1. The van der Waals surface area contributed by atoms with Crippen molar-refractivity contribution < 1.29 is 13.3 Å². The number of nitrogens with two attached hydrogens (primary N) is 1. The van der Waals surface area contributed by atoms with Crippen LogP contribution in [-0.2, 0) is 10.0 Å². The quantitative estimate of drug-likeness (QED) is 0.297. The SMILES string of the molecule is CCCCNS(=O)(=O)c1ccc([N+](=O)[O-])c(NN)c1. The molecule has 1 aromatic rings. The van der Waals surface area contributed by atoms with Gasteiger partial charge in [-0.05, 0) is 18.6 Å². The predicted octanol–water partition coefficient (Wildman–Crippen LogP) is 0.959. The van der Waals surface area contributed by atoms with Gasteiger partial charge in [-0.25, -0.2) is 13.1 Å². The summed E-state index contributed by atoms with van der Waals surface area (Å²) < 4.78 is 26.2. The Hall–Kier alpha value is -1.71. The number of nitro groups is 1. The van der Waals surface area contributed by atoms with Gasteiger partial charge < -0.3 is 5.43 Å². The molecule has 106 valence electrons. The molecule has 1 rings (SSSR count). The van der Waals surface area contributed by atoms with Crippen LogP contribution in [-0.4, -0.2) is 19.9 Å². The second kappa shape index (κ2) is 6.45. The average Bonchev–Trinajstić information content (AvgIpc) is 2.38. The first-order chi connectivity index (χ1) is 8.92. The molecule has 19 heavy (non-hydrogen) atoms. The molecule has 0 saturated heterocycles. The summed E-state index contributed by atoms with van der Waals surface area (Å²) in [5.41, 5.74) is 1.79. The van der Waals surface area contributed by atoms with Crippen LogP contribution in [0.25, 0.3) is 0 Å². The summed E-state index contributed by atoms with van der Waals surface area (Å²) in [4.78, 5) is 9.99. The minimum Gasteiger partial charge on any atom is -0.318 e. The number of hydrogen-bond acceptors (Lipinski definition) is 6. The molecule has 0 aromatic heterocycles. The van der Waals surface area contributed by atoms with Crippen molar-refractivity contribution >= 4 is 21.4 Å². The van der Waals surface area contributed by atoms with Crippen molar-refractivity contribution in [1.82, 2.24) is 4.72 Å². The number of hydrogen-bond donors (Lipinski definition) is 3. The number of hydrazine groups is 1. The molecule has 0 aliphatic carbocycles. The molecular formula is C10H16N4O4S. The normalized spacial score (nSPS) is 11.3. The summed E-state index contributed by atoms with van der Waals surface area (Å²) in [6.07, 6.45) is 1.58. The number of nitrogens with zero attached hydrogens (tertiary/aromatic N) is 1. The standard InChI is InChI=1S/C10H16N4O4S/c1-2-3-6-12-19(17,18)8-4-5-10(14(15)16)9(7-8)13-11/h4-5,7,12-13H,2-3,6,11H2,1H3. The van der Waals surface area contributed by atoms with Crippen LogP contribution in [0.3, 0.4) is 0 Å². The number of sulfonamides is 1. The molecule has 0 amide bonds. The van der Waals surface area contributed by atoms with Crippen molar-refractivity contribution in [2.24, 2.45) is 5.84 Å². The minimum atomic E-state index is -3.68. The van der Waals surface area contributed by atoms with Gasteiger partial charge in [0.2, 0.25) is 10.0 Å². The Morgan fingerprint density at radius 3 is 2.63 bits per heavy atom. The van der Waals surface area contributed by atoms with E-state index >= 15 is 0 Å². The summed E-state index contributed by atoms with van der Waals surface area (Å²) in [5.74, 6) is 5.15. The van der Waals surface area contributed by atoms with Gasteiger partial charge in [0.05, 0.1) is 9.82 Å². The lowest BCUT2D eigenvalue weighted by atomic mass is 10.3. The van der Waals surface area contributed by atoms with E-state index < -0.39 is 14.9 Å². The first-order valence-corrected chi connectivity index (χ1v) is 7.15. The number of benzene rings is 1. The Balaban J connectivity index is 3.05. The maximum atomic E-state index is 11.9. The van der Waals surface area contributed by atoms with Crippen molar-refractivity contribution in [3.8, 4) is 0 Å². The van der Waals surface area contributed by atoms with E-state index in [1.54, 1.807) is 0 Å². The Bertz CT molecular complexity index is 559. The van der Waals surface area contributed by atoms with Gasteiger partial charge >= 0.3 is 0 Å². The molecule has 4 N–H and O–H groups in total. The van der Waals surface area contributed by atoms with Gasteiger partial charge in [0.25, 0.3) is 5.69 Å². The highest BCUT2D eigenvalue weighted by molar-refractivity contribution is 7.89. The molecule has 8 nitrogen and oxygen atoms in total. The lowest BCUT2D eigenvalue weighted by Gasteiger charge is -2.08. The minimum absolute atomic E-state index is 0.0524. The van der Waals surface area contributed by atoms with Gasteiger partial charge in [-0.2, -0.15) is 0 Å². The van der Waals surface area contributed by atoms with Gasteiger partial charge in [0.15, 0.2) is 0 Å². The summed E-state index contributed by atoms with van der Waals surface area (Å²) in [6.45, 7) is 2.26. The number of nitrogens with one attached hydrogen (secondary N) is 2. The van der Waals surface area contributed by atoms with Crippen LogP contribution in [0.15, 0.2) is 23.1 Å². The van der Waals surface area contributed by atoms with Crippen LogP contribution < -0.4 is 16.0 Å². The molecule has 0 unspecified atom stereocenters. The number of anilines is 1. The largest absolute Gasteiger partial charge is 0.318 e. The molecule has 0 saturated carbocycles. The fourth-order valence-corrected chi connectivity index (χ4v) is 2.52. The maximum absolute atomic E-state index is 11.9. The Morgan fingerprint density at radius 2 is 2.11 bits per heavy atom. The molecule has 0 aliphatic heterocycles. The molecule has 0 heterocycles. The summed E-state index contributed by atoms with van der Waals surface area (Å²) >= 11 is 0. The molecule has 0 bridgehead atoms. The smallest absolute Gasteiger partial charge is 0.293 e. The lowest BCUT2D eigenvalue weighted by molar-refractivity contribution is -0.384. The van der Waals surface area contributed by atoms with Crippen LogP contribution in [0.2, 0.25) is 0 Å². The Kier molecular flexibility index (Phi) is 5.21. The summed E-state index contributed by atoms with van der Waals surface area (Å²) in [7, 11) is -3.68. The molecule has 0 spiro atoms. The Morgan fingerprint density at radius 1 is 1.42 bits per heavy atom. The van der Waals surface area contributed by atoms with E-state index in [4.69, 9.17) is 5.84 Å². The highest BCUT2D eigenvalue weighted by Crippen LogP contribution is 2.26. The molecule has 0 atom stereocenters. The number of nitrogen functional groups attached to an aromatic ring is 1. The number of rotatable bonds is 7. The zero-order valence-corrected chi connectivity index (χ0v) is 11.2. The first kappa shape index (κ1) is 15.3. The number of unbranched alkanes of at least 4 members (excludes halogenated alkanes) is 1. The van der Waals surface area contributed by atoms with Crippen LogP contribution in [0.1, 0.15) is 19.8 Å². The van der Waals surface area contributed by atoms with Crippen molar-refractivity contribution in [3.05, 3.63) is 28.3 Å². The lowest BCUT2D eigenvalue weighted by Crippen LogP contribution is -2.25. The van der Waals surface area contributed by atoms with E-state index in [1.807, 2.05) is 6.92 Å². The van der Waals surface area contributed by atoms with Crippen LogP contribution >= 0.6 is 0 Å². The second-order valence-corrected chi connectivity index (χ2v) is 5.60. The van der Waals surface area contributed by atoms with Crippen molar-refractivity contribution in [3.63, 3.8) is 0 Å². The third-order valence-corrected chi connectivity index (χ3v) is 3.91. The van der Waals surface area contributed by atoms with Gasteiger partial charge in [-0.1, -0.05) is 13.3 Å². The van der Waals surface area contributed by atoms with Gasteiger partial charge in [-0.3, -0.25) is 16.0 Å². The molecular weight excluding hydrogens is 272 g/mol. The average molecular weight is 288 g/mol. The van der Waals surface area contributed by atoms with E-state index in [0.717, 1.165) is 18.6 Å². The van der Waals surface area contributed by atoms with Crippen molar-refractivity contribution in [1.29, 1.82) is 0 Å². The maximum Gasteiger partial charge on any atom is 0.293 e. The van der Waals surface area contributed by atoms with E-state index in [-0.39, 0.29) is 16.3 Å². The summed E-state index contributed by atoms with van der Waals surface area (Å²) in [5, 5.41) is 10.7. The van der Waals surface area contributed by atoms with Gasteiger partial charge in [0, 0.05) is 12.6 Å². The second-order valence-electron chi connectivity index (χ2n) is 3.83. The van der Waals surface area contributed by atoms with E-state index in [2.05, 4.69) is 10.1 Å². The van der Waals surface area contributed by atoms with Gasteiger partial charge in [-0.15, -0.1) is 0 Å². The fourth-order valence-electron chi connectivity index (χ4n) is 1.42. The third kappa shape index (κ3) is 3.88.